The van der Waals surface area contributed by atoms with Gasteiger partial charge in [0.15, 0.2) is 0 Å². The Hall–Kier alpha value is -3.48. The van der Waals surface area contributed by atoms with E-state index in [4.69, 9.17) is 4.98 Å². The normalized spacial score (nSPS) is 25.5. The van der Waals surface area contributed by atoms with Crippen molar-refractivity contribution in [2.45, 2.75) is 46.1 Å². The minimum Gasteiger partial charge on any atom is -0.324 e. The third kappa shape index (κ3) is 3.09. The Kier molecular flexibility index (Phi) is 4.28. The zero-order valence-corrected chi connectivity index (χ0v) is 19.2. The summed E-state index contributed by atoms with van der Waals surface area (Å²) in [7, 11) is 0. The molecule has 4 aromatic rings. The van der Waals surface area contributed by atoms with E-state index in [9.17, 15) is 4.79 Å². The number of rotatable bonds is 4. The van der Waals surface area contributed by atoms with Gasteiger partial charge in [0, 0.05) is 41.8 Å². The molecule has 3 unspecified atom stereocenters. The van der Waals surface area contributed by atoms with Gasteiger partial charge in [0.05, 0.1) is 5.69 Å². The summed E-state index contributed by atoms with van der Waals surface area (Å²) in [6.07, 6.45) is 9.05. The molecule has 0 amide bonds. The summed E-state index contributed by atoms with van der Waals surface area (Å²) in [4.78, 5) is 22.6. The van der Waals surface area contributed by atoms with Crippen LogP contribution >= 0.6 is 0 Å². The smallest absolute Gasteiger partial charge is 0.252 e. The van der Waals surface area contributed by atoms with Gasteiger partial charge in [0.25, 0.3) is 5.56 Å². The van der Waals surface area contributed by atoms with Crippen LogP contribution in [-0.4, -0.2) is 24.3 Å². The lowest BCUT2D eigenvalue weighted by Crippen LogP contribution is -2.42. The van der Waals surface area contributed by atoms with Gasteiger partial charge in [-0.25, -0.2) is 9.67 Å². The molecule has 3 atom stereocenters. The van der Waals surface area contributed by atoms with Crippen LogP contribution in [0.3, 0.4) is 0 Å². The lowest BCUT2D eigenvalue weighted by molar-refractivity contribution is 0.0838. The number of hydrogen-bond donors (Lipinski definition) is 1. The van der Waals surface area contributed by atoms with Crippen molar-refractivity contribution in [3.63, 3.8) is 0 Å². The monoisotopic (exact) mass is 440 g/mol. The van der Waals surface area contributed by atoms with E-state index in [0.29, 0.717) is 17.5 Å². The van der Waals surface area contributed by atoms with Crippen LogP contribution in [0.15, 0.2) is 65.8 Å². The molecule has 7 heteroatoms. The summed E-state index contributed by atoms with van der Waals surface area (Å²) in [5.74, 6) is 1.13. The van der Waals surface area contributed by atoms with Crippen LogP contribution < -0.4 is 10.9 Å². The summed E-state index contributed by atoms with van der Waals surface area (Å²) < 4.78 is 3.77. The summed E-state index contributed by atoms with van der Waals surface area (Å²) in [6.45, 7) is 6.98. The zero-order chi connectivity index (χ0) is 22.8. The fourth-order valence-corrected chi connectivity index (χ4v) is 6.52. The van der Waals surface area contributed by atoms with Crippen molar-refractivity contribution in [2.75, 3.05) is 5.32 Å². The van der Waals surface area contributed by atoms with Gasteiger partial charge in [-0.3, -0.25) is 9.36 Å². The lowest BCUT2D eigenvalue weighted by Gasteiger charge is -2.43. The number of benzene rings is 1. The first-order valence-corrected chi connectivity index (χ1v) is 11.6. The molecule has 2 aliphatic carbocycles. The number of anilines is 2. The first-order valence-electron chi connectivity index (χ1n) is 11.6. The van der Waals surface area contributed by atoms with E-state index in [-0.39, 0.29) is 22.4 Å². The van der Waals surface area contributed by atoms with Crippen molar-refractivity contribution in [2.24, 2.45) is 16.7 Å². The lowest BCUT2D eigenvalue weighted by atomic mass is 9.68. The van der Waals surface area contributed by atoms with E-state index >= 15 is 0 Å². The molecule has 0 spiro atoms. The van der Waals surface area contributed by atoms with Crippen LogP contribution in [0.4, 0.5) is 11.6 Å². The molecule has 0 saturated heterocycles. The second-order valence-electron chi connectivity index (χ2n) is 10.5. The zero-order valence-electron chi connectivity index (χ0n) is 19.2. The van der Waals surface area contributed by atoms with Gasteiger partial charge in [-0.15, -0.1) is 0 Å². The van der Waals surface area contributed by atoms with Crippen molar-refractivity contribution in [3.8, 4) is 5.69 Å². The molecule has 7 nitrogen and oxygen atoms in total. The Bertz CT molecular complexity index is 1380. The van der Waals surface area contributed by atoms with Gasteiger partial charge in [-0.2, -0.15) is 10.1 Å². The molecular formula is C26H28N6O. The number of nitrogens with one attached hydrogen (secondary N) is 1. The highest BCUT2D eigenvalue weighted by molar-refractivity contribution is 5.76. The minimum absolute atomic E-state index is 0.0163. The van der Waals surface area contributed by atoms with Crippen molar-refractivity contribution in [3.05, 3.63) is 71.4 Å². The molecule has 2 fully saturated rings. The van der Waals surface area contributed by atoms with Gasteiger partial charge >= 0.3 is 0 Å². The van der Waals surface area contributed by atoms with Gasteiger partial charge < -0.3 is 5.32 Å². The molecule has 6 rings (SSSR count). The van der Waals surface area contributed by atoms with Crippen molar-refractivity contribution >= 4 is 22.7 Å². The average molecular weight is 441 g/mol. The highest BCUT2D eigenvalue weighted by Crippen LogP contribution is 2.68. The predicted octanol–water partition coefficient (Wildman–Crippen LogP) is 5.11. The van der Waals surface area contributed by atoms with E-state index in [1.165, 1.54) is 12.8 Å². The van der Waals surface area contributed by atoms with Gasteiger partial charge in [-0.05, 0) is 72.4 Å². The molecule has 0 aliphatic heterocycles. The third-order valence-electron chi connectivity index (χ3n) is 8.01. The van der Waals surface area contributed by atoms with Gasteiger partial charge in [-0.1, -0.05) is 20.8 Å². The van der Waals surface area contributed by atoms with Crippen LogP contribution in [0.25, 0.3) is 16.7 Å². The molecule has 2 bridgehead atoms. The average Bonchev–Trinajstić information content (AvgIpc) is 3.50. The Morgan fingerprint density at radius 2 is 1.91 bits per heavy atom. The molecule has 168 valence electrons. The largest absolute Gasteiger partial charge is 0.324 e. The minimum atomic E-state index is 0.0163. The molecule has 0 radical (unpaired) electrons. The molecule has 3 heterocycles. The van der Waals surface area contributed by atoms with Gasteiger partial charge in [0.1, 0.15) is 5.65 Å². The maximum absolute atomic E-state index is 13.2. The van der Waals surface area contributed by atoms with E-state index < -0.39 is 0 Å². The molecule has 2 saturated carbocycles. The SMILES string of the molecule is CC12CCC(C1)C(C)(C)C2n1c(=O)ccc2cnc(Nc3ccc(-n4cccn4)cc3)nc21. The van der Waals surface area contributed by atoms with Crippen LogP contribution in [0.5, 0.6) is 0 Å². The van der Waals surface area contributed by atoms with Crippen molar-refractivity contribution in [1.82, 2.24) is 24.3 Å². The molecule has 2 aliphatic rings. The predicted molar refractivity (Wildman–Crippen MR) is 129 cm³/mol. The van der Waals surface area contributed by atoms with E-state index in [1.807, 2.05) is 51.8 Å². The topological polar surface area (TPSA) is 77.6 Å². The fourth-order valence-electron chi connectivity index (χ4n) is 6.52. The van der Waals surface area contributed by atoms with E-state index in [2.05, 4.69) is 36.2 Å². The summed E-state index contributed by atoms with van der Waals surface area (Å²) in [5, 5.41) is 8.45. The summed E-state index contributed by atoms with van der Waals surface area (Å²) in [6, 6.07) is 13.4. The standard InChI is InChI=1S/C26H28N6O/c1-25(2)18-11-12-26(3,15-18)23(25)32-21(33)10-5-17-16-27-24(30-22(17)32)29-19-6-8-20(9-7-19)31-14-4-13-28-31/h4-10,13-14,16,18,23H,11-12,15H2,1-3H3,(H,27,29,30). The molecule has 1 aromatic carbocycles. The molecule has 1 N–H and O–H groups in total. The Labute approximate surface area is 192 Å². The number of nitrogens with zero attached hydrogens (tertiary/aromatic N) is 5. The van der Waals surface area contributed by atoms with Crippen LogP contribution in [0, 0.1) is 16.7 Å². The quantitative estimate of drug-likeness (QED) is 0.477. The van der Waals surface area contributed by atoms with Crippen LogP contribution in [0.2, 0.25) is 0 Å². The van der Waals surface area contributed by atoms with Crippen molar-refractivity contribution < 1.29 is 0 Å². The van der Waals surface area contributed by atoms with Gasteiger partial charge in [0.2, 0.25) is 5.95 Å². The maximum atomic E-state index is 13.2. The number of fused-ring (bicyclic) bond motifs is 3. The molecular weight excluding hydrogens is 412 g/mol. The Balaban J connectivity index is 1.39. The van der Waals surface area contributed by atoms with E-state index in [1.54, 1.807) is 18.5 Å². The molecule has 3 aromatic heterocycles. The van der Waals surface area contributed by atoms with Crippen LogP contribution in [-0.2, 0) is 0 Å². The Morgan fingerprint density at radius 1 is 1.09 bits per heavy atom. The van der Waals surface area contributed by atoms with E-state index in [0.717, 1.165) is 23.2 Å². The first-order chi connectivity index (χ1) is 15.8. The third-order valence-corrected chi connectivity index (χ3v) is 8.01. The number of pyridine rings is 1. The van der Waals surface area contributed by atoms with Crippen molar-refractivity contribution in [1.29, 1.82) is 0 Å². The number of hydrogen-bond acceptors (Lipinski definition) is 5. The highest BCUT2D eigenvalue weighted by atomic mass is 16.1. The second kappa shape index (κ2) is 7.01. The number of aromatic nitrogens is 5. The maximum Gasteiger partial charge on any atom is 0.252 e. The Morgan fingerprint density at radius 3 is 2.61 bits per heavy atom. The highest BCUT2D eigenvalue weighted by Gasteiger charge is 2.60. The first kappa shape index (κ1) is 20.1. The fraction of sp³-hybridized carbons (Fsp3) is 0.385. The second-order valence-corrected chi connectivity index (χ2v) is 10.5. The van der Waals surface area contributed by atoms with Crippen LogP contribution in [0.1, 0.15) is 46.1 Å². The molecule has 33 heavy (non-hydrogen) atoms. The summed E-state index contributed by atoms with van der Waals surface area (Å²) >= 11 is 0. The summed E-state index contributed by atoms with van der Waals surface area (Å²) in [5.41, 5.74) is 2.74.